The second kappa shape index (κ2) is 17.4. The van der Waals surface area contributed by atoms with E-state index >= 15 is 0 Å². The van der Waals surface area contributed by atoms with E-state index in [0.717, 1.165) is 49.3 Å². The Bertz CT molecular complexity index is 905. The first-order valence-electron chi connectivity index (χ1n) is 13.2. The minimum Gasteiger partial charge on any atom is -0.373 e. The minimum absolute atomic E-state index is 0. The van der Waals surface area contributed by atoms with Gasteiger partial charge in [0.2, 0.25) is 0 Å². The summed E-state index contributed by atoms with van der Waals surface area (Å²) in [6.07, 6.45) is 3.64. The standard InChI is InChI=1S/C29H44N2O4Si.ClH/c1-7-21-33-36(34-22-8-2,35-23-9-3)25(6)19-20-31(27-13-11-10-12-14-27)28-17-15-26(16-18-28)30-29(32)24(4)5;/h10-18,25H,4,7-9,19-23H2,1-3,5-6H3,(H,30,32);1H. The number of hydrogen-bond donors (Lipinski definition) is 1. The Morgan fingerprint density at radius 3 is 1.84 bits per heavy atom. The molecule has 1 atom stereocenters. The normalized spacial score (nSPS) is 11.9. The molecule has 0 spiro atoms. The Morgan fingerprint density at radius 2 is 1.38 bits per heavy atom. The van der Waals surface area contributed by atoms with Crippen LogP contribution < -0.4 is 10.2 Å². The maximum Gasteiger partial charge on any atom is 0.504 e. The van der Waals surface area contributed by atoms with Gasteiger partial charge >= 0.3 is 8.80 Å². The molecule has 0 aromatic heterocycles. The number of nitrogens with one attached hydrogen (secondary N) is 1. The molecule has 0 radical (unpaired) electrons. The van der Waals surface area contributed by atoms with Crippen molar-refractivity contribution in [3.8, 4) is 0 Å². The van der Waals surface area contributed by atoms with E-state index in [0.29, 0.717) is 25.4 Å². The van der Waals surface area contributed by atoms with Crippen molar-refractivity contribution >= 4 is 44.2 Å². The molecular weight excluding hydrogens is 504 g/mol. The number of hydrogen-bond acceptors (Lipinski definition) is 5. The lowest BCUT2D eigenvalue weighted by molar-refractivity contribution is -0.112. The fraction of sp³-hybridized carbons (Fsp3) is 0.483. The van der Waals surface area contributed by atoms with Crippen LogP contribution in [0, 0.1) is 0 Å². The van der Waals surface area contributed by atoms with E-state index in [1.54, 1.807) is 6.92 Å². The van der Waals surface area contributed by atoms with Gasteiger partial charge in [-0.1, -0.05) is 52.5 Å². The van der Waals surface area contributed by atoms with E-state index in [1.165, 1.54) is 0 Å². The summed E-state index contributed by atoms with van der Waals surface area (Å²) in [4.78, 5) is 14.3. The van der Waals surface area contributed by atoms with Crippen molar-refractivity contribution in [2.75, 3.05) is 36.6 Å². The van der Waals surface area contributed by atoms with Gasteiger partial charge in [0.1, 0.15) is 0 Å². The number of carbonyl (C=O) groups excluding carboxylic acids is 1. The molecule has 0 heterocycles. The first-order chi connectivity index (χ1) is 17.4. The topological polar surface area (TPSA) is 60.0 Å². The molecule has 0 saturated heterocycles. The van der Waals surface area contributed by atoms with Crippen molar-refractivity contribution in [3.05, 3.63) is 66.7 Å². The van der Waals surface area contributed by atoms with Gasteiger partial charge in [0.05, 0.1) is 0 Å². The summed E-state index contributed by atoms with van der Waals surface area (Å²) in [6.45, 7) is 16.7. The van der Waals surface area contributed by atoms with E-state index in [1.807, 2.05) is 42.5 Å². The van der Waals surface area contributed by atoms with Crippen LogP contribution in [0.4, 0.5) is 17.1 Å². The van der Waals surface area contributed by atoms with Crippen molar-refractivity contribution in [1.29, 1.82) is 0 Å². The third kappa shape index (κ3) is 10.3. The molecule has 0 bridgehead atoms. The van der Waals surface area contributed by atoms with Gasteiger partial charge in [0.15, 0.2) is 0 Å². The highest BCUT2D eigenvalue weighted by atomic mass is 35.5. The first kappa shape index (κ1) is 32.9. The van der Waals surface area contributed by atoms with Gasteiger partial charge in [-0.2, -0.15) is 0 Å². The lowest BCUT2D eigenvalue weighted by Gasteiger charge is -2.35. The average molecular weight is 549 g/mol. The maximum absolute atomic E-state index is 12.0. The predicted octanol–water partition coefficient (Wildman–Crippen LogP) is 7.76. The largest absolute Gasteiger partial charge is 0.504 e. The number of nitrogens with zero attached hydrogens (tertiary/aromatic N) is 1. The van der Waals surface area contributed by atoms with Crippen LogP contribution in [-0.4, -0.2) is 41.1 Å². The zero-order valence-electron chi connectivity index (χ0n) is 23.1. The Hall–Kier alpha value is -2.16. The number of halogens is 1. The van der Waals surface area contributed by atoms with E-state index in [9.17, 15) is 4.79 Å². The molecule has 0 aliphatic rings. The third-order valence-corrected chi connectivity index (χ3v) is 9.12. The lowest BCUT2D eigenvalue weighted by atomic mass is 10.2. The molecular formula is C29H45ClN2O4Si. The number of anilines is 3. The second-order valence-corrected chi connectivity index (χ2v) is 12.2. The summed E-state index contributed by atoms with van der Waals surface area (Å²) in [6, 6.07) is 18.3. The third-order valence-electron chi connectivity index (χ3n) is 5.80. The summed E-state index contributed by atoms with van der Waals surface area (Å²) in [5.74, 6) is -0.177. The van der Waals surface area contributed by atoms with Crippen LogP contribution in [0.5, 0.6) is 0 Å². The van der Waals surface area contributed by atoms with Gasteiger partial charge in [-0.25, -0.2) is 0 Å². The molecule has 0 fully saturated rings. The van der Waals surface area contributed by atoms with Crippen LogP contribution >= 0.6 is 12.4 Å². The van der Waals surface area contributed by atoms with Crippen LogP contribution in [-0.2, 0) is 18.1 Å². The van der Waals surface area contributed by atoms with E-state index in [2.05, 4.69) is 56.6 Å². The van der Waals surface area contributed by atoms with Crippen LogP contribution in [0.25, 0.3) is 0 Å². The average Bonchev–Trinajstić information content (AvgIpc) is 2.90. The Morgan fingerprint density at radius 1 is 0.892 bits per heavy atom. The molecule has 8 heteroatoms. The van der Waals surface area contributed by atoms with E-state index in [-0.39, 0.29) is 23.9 Å². The van der Waals surface area contributed by atoms with Crippen molar-refractivity contribution in [1.82, 2.24) is 0 Å². The highest BCUT2D eigenvalue weighted by molar-refractivity contribution is 6.62. The van der Waals surface area contributed by atoms with Crippen LogP contribution in [0.1, 0.15) is 60.3 Å². The van der Waals surface area contributed by atoms with Crippen LogP contribution in [0.2, 0.25) is 5.54 Å². The van der Waals surface area contributed by atoms with Crippen molar-refractivity contribution in [2.24, 2.45) is 0 Å². The molecule has 0 aliphatic carbocycles. The molecule has 1 N–H and O–H groups in total. The van der Waals surface area contributed by atoms with Gasteiger partial charge in [-0.05, 0) is 69.0 Å². The zero-order valence-corrected chi connectivity index (χ0v) is 24.9. The van der Waals surface area contributed by atoms with E-state index < -0.39 is 8.80 Å². The van der Waals surface area contributed by atoms with Crippen molar-refractivity contribution in [2.45, 2.75) is 65.8 Å². The molecule has 206 valence electrons. The fourth-order valence-corrected chi connectivity index (χ4v) is 6.81. The molecule has 37 heavy (non-hydrogen) atoms. The number of benzene rings is 2. The summed E-state index contributed by atoms with van der Waals surface area (Å²) < 4.78 is 19.2. The Balaban J connectivity index is 0.00000684. The second-order valence-electron chi connectivity index (χ2n) is 9.11. The summed E-state index contributed by atoms with van der Waals surface area (Å²) >= 11 is 0. The van der Waals surface area contributed by atoms with Gasteiger partial charge in [-0.15, -0.1) is 12.4 Å². The quantitative estimate of drug-likeness (QED) is 0.162. The van der Waals surface area contributed by atoms with Gasteiger partial charge in [-0.3, -0.25) is 4.79 Å². The molecule has 2 rings (SSSR count). The van der Waals surface area contributed by atoms with Gasteiger partial charge in [0, 0.05) is 54.5 Å². The van der Waals surface area contributed by atoms with Crippen LogP contribution in [0.15, 0.2) is 66.7 Å². The number of para-hydroxylation sites is 1. The highest BCUT2D eigenvalue weighted by Crippen LogP contribution is 2.33. The minimum atomic E-state index is -2.85. The van der Waals surface area contributed by atoms with E-state index in [4.69, 9.17) is 13.3 Å². The van der Waals surface area contributed by atoms with Crippen molar-refractivity contribution < 1.29 is 18.1 Å². The summed E-state index contributed by atoms with van der Waals surface area (Å²) in [5.41, 5.74) is 3.52. The maximum atomic E-state index is 12.0. The lowest BCUT2D eigenvalue weighted by Crippen LogP contribution is -2.50. The smallest absolute Gasteiger partial charge is 0.373 e. The molecule has 2 aromatic carbocycles. The monoisotopic (exact) mass is 548 g/mol. The Labute approximate surface area is 231 Å². The predicted molar refractivity (Wildman–Crippen MR) is 159 cm³/mol. The fourth-order valence-electron chi connectivity index (χ4n) is 3.76. The number of carbonyl (C=O) groups is 1. The molecule has 1 amide bonds. The van der Waals surface area contributed by atoms with Gasteiger partial charge < -0.3 is 23.5 Å². The molecule has 2 aromatic rings. The van der Waals surface area contributed by atoms with Gasteiger partial charge in [0.25, 0.3) is 5.91 Å². The summed E-state index contributed by atoms with van der Waals surface area (Å²) in [7, 11) is -2.85. The first-order valence-corrected chi connectivity index (χ1v) is 15.0. The SMILES string of the molecule is C=C(C)C(=O)Nc1ccc(N(CCC(C)[Si](OCCC)(OCCC)OCCC)c2ccccc2)cc1.Cl. The molecule has 1 unspecified atom stereocenters. The highest BCUT2D eigenvalue weighted by Gasteiger charge is 2.47. The Kier molecular flexibility index (Phi) is 15.4. The number of rotatable bonds is 17. The zero-order chi connectivity index (χ0) is 26.4. The molecule has 6 nitrogen and oxygen atoms in total. The molecule has 0 aliphatic heterocycles. The van der Waals surface area contributed by atoms with Crippen LogP contribution in [0.3, 0.4) is 0 Å². The summed E-state index contributed by atoms with van der Waals surface area (Å²) in [5, 5.41) is 2.88. The number of amides is 1. The molecule has 0 saturated carbocycles. The van der Waals surface area contributed by atoms with Crippen molar-refractivity contribution in [3.63, 3.8) is 0 Å².